The number of ether oxygens (including phenoxy) is 1. The van der Waals surface area contributed by atoms with E-state index < -0.39 is 0 Å². The lowest BCUT2D eigenvalue weighted by Crippen LogP contribution is -2.10. The molecule has 132 valence electrons. The van der Waals surface area contributed by atoms with E-state index in [0.717, 1.165) is 48.5 Å². The third-order valence-electron chi connectivity index (χ3n) is 3.93. The van der Waals surface area contributed by atoms with E-state index in [2.05, 4.69) is 10.2 Å². The standard InChI is InChI=1S/C16H21FN4OS.ClH/c17-13-1-3-14(4-2-13)21-15(5-8-18)19-20-16(21)23-10-7-12-6-9-22-11-12;/h1-4,12H,5-11,18H2;1H. The number of benzene rings is 1. The van der Waals surface area contributed by atoms with Gasteiger partial charge >= 0.3 is 0 Å². The Labute approximate surface area is 151 Å². The highest BCUT2D eigenvalue weighted by Crippen LogP contribution is 2.26. The van der Waals surface area contributed by atoms with Crippen LogP contribution in [0.5, 0.6) is 0 Å². The minimum atomic E-state index is -0.252. The molecule has 5 nitrogen and oxygen atoms in total. The van der Waals surface area contributed by atoms with Crippen LogP contribution < -0.4 is 5.73 Å². The van der Waals surface area contributed by atoms with Gasteiger partial charge < -0.3 is 10.5 Å². The number of rotatable bonds is 7. The van der Waals surface area contributed by atoms with E-state index >= 15 is 0 Å². The molecule has 1 atom stereocenters. The summed E-state index contributed by atoms with van der Waals surface area (Å²) in [5.41, 5.74) is 6.53. The molecule has 0 saturated carbocycles. The lowest BCUT2D eigenvalue weighted by atomic mass is 10.1. The Hall–Kier alpha value is -1.15. The second-order valence-electron chi connectivity index (χ2n) is 5.62. The van der Waals surface area contributed by atoms with Gasteiger partial charge in [-0.15, -0.1) is 22.6 Å². The molecule has 2 heterocycles. The Morgan fingerprint density at radius 1 is 1.29 bits per heavy atom. The second-order valence-corrected chi connectivity index (χ2v) is 6.68. The molecule has 2 aromatic rings. The van der Waals surface area contributed by atoms with Crippen LogP contribution in [-0.2, 0) is 11.2 Å². The number of nitrogens with zero attached hydrogens (tertiary/aromatic N) is 3. The summed E-state index contributed by atoms with van der Waals surface area (Å²) in [5, 5.41) is 9.37. The van der Waals surface area contributed by atoms with Crippen molar-refractivity contribution in [1.29, 1.82) is 0 Å². The molecule has 0 aliphatic carbocycles. The topological polar surface area (TPSA) is 66.0 Å². The summed E-state index contributed by atoms with van der Waals surface area (Å²) in [6, 6.07) is 6.39. The first-order chi connectivity index (χ1) is 11.3. The molecule has 0 amide bonds. The van der Waals surface area contributed by atoms with Gasteiger partial charge in [-0.05, 0) is 49.6 Å². The molecule has 0 spiro atoms. The molecule has 24 heavy (non-hydrogen) atoms. The summed E-state index contributed by atoms with van der Waals surface area (Å²) in [6.45, 7) is 2.24. The SMILES string of the molecule is Cl.NCCc1nnc(SCCC2CCOC2)n1-c1ccc(F)cc1. The molecule has 0 radical (unpaired) electrons. The minimum Gasteiger partial charge on any atom is -0.381 e. The van der Waals surface area contributed by atoms with Crippen molar-refractivity contribution in [3.05, 3.63) is 35.9 Å². The van der Waals surface area contributed by atoms with Crippen LogP contribution in [0.25, 0.3) is 5.69 Å². The molecule has 1 aromatic carbocycles. The van der Waals surface area contributed by atoms with E-state index in [9.17, 15) is 4.39 Å². The largest absolute Gasteiger partial charge is 0.381 e. The second kappa shape index (κ2) is 9.36. The smallest absolute Gasteiger partial charge is 0.195 e. The third-order valence-corrected chi connectivity index (χ3v) is 4.90. The molecule has 1 aromatic heterocycles. The predicted molar refractivity (Wildman–Crippen MR) is 95.6 cm³/mol. The summed E-state index contributed by atoms with van der Waals surface area (Å²) in [6.07, 6.45) is 2.89. The number of thioether (sulfide) groups is 1. The Morgan fingerprint density at radius 2 is 2.08 bits per heavy atom. The molecule has 1 aliphatic heterocycles. The van der Waals surface area contributed by atoms with Crippen LogP contribution >= 0.6 is 24.2 Å². The van der Waals surface area contributed by atoms with Crippen molar-refractivity contribution in [3.8, 4) is 5.69 Å². The van der Waals surface area contributed by atoms with Crippen molar-refractivity contribution in [2.75, 3.05) is 25.5 Å². The van der Waals surface area contributed by atoms with Crippen molar-refractivity contribution in [1.82, 2.24) is 14.8 Å². The zero-order valence-corrected chi connectivity index (χ0v) is 15.0. The van der Waals surface area contributed by atoms with Gasteiger partial charge in [0.1, 0.15) is 11.6 Å². The van der Waals surface area contributed by atoms with Gasteiger partial charge in [-0.25, -0.2) is 4.39 Å². The summed E-state index contributed by atoms with van der Waals surface area (Å²) < 4.78 is 20.6. The van der Waals surface area contributed by atoms with Crippen molar-refractivity contribution >= 4 is 24.2 Å². The van der Waals surface area contributed by atoms with E-state index in [1.807, 2.05) is 4.57 Å². The summed E-state index contributed by atoms with van der Waals surface area (Å²) in [7, 11) is 0. The molecule has 0 bridgehead atoms. The Bertz CT molecular complexity index is 632. The molecule has 1 fully saturated rings. The number of hydrogen-bond acceptors (Lipinski definition) is 5. The van der Waals surface area contributed by atoms with Crippen LogP contribution in [0.2, 0.25) is 0 Å². The third kappa shape index (κ3) is 4.69. The molecular weight excluding hydrogens is 351 g/mol. The van der Waals surface area contributed by atoms with Crippen LogP contribution in [0.15, 0.2) is 29.4 Å². The molecule has 3 rings (SSSR count). The predicted octanol–water partition coefficient (Wildman–Crippen LogP) is 2.85. The van der Waals surface area contributed by atoms with E-state index in [0.29, 0.717) is 18.9 Å². The lowest BCUT2D eigenvalue weighted by molar-refractivity contribution is 0.185. The van der Waals surface area contributed by atoms with Crippen molar-refractivity contribution in [2.45, 2.75) is 24.4 Å². The van der Waals surface area contributed by atoms with Gasteiger partial charge in [0.2, 0.25) is 0 Å². The number of aromatic nitrogens is 3. The summed E-state index contributed by atoms with van der Waals surface area (Å²) in [5.74, 6) is 2.17. The van der Waals surface area contributed by atoms with Gasteiger partial charge in [0.05, 0.1) is 0 Å². The fourth-order valence-corrected chi connectivity index (χ4v) is 3.73. The normalized spacial score (nSPS) is 17.0. The van der Waals surface area contributed by atoms with Gasteiger partial charge in [-0.3, -0.25) is 4.57 Å². The highest BCUT2D eigenvalue weighted by atomic mass is 35.5. The van der Waals surface area contributed by atoms with E-state index in [4.69, 9.17) is 10.5 Å². The first-order valence-corrected chi connectivity index (χ1v) is 8.87. The van der Waals surface area contributed by atoms with Crippen LogP contribution in [0.1, 0.15) is 18.7 Å². The van der Waals surface area contributed by atoms with Crippen LogP contribution in [0.4, 0.5) is 4.39 Å². The highest BCUT2D eigenvalue weighted by Gasteiger charge is 2.17. The van der Waals surface area contributed by atoms with Gasteiger partial charge in [0.15, 0.2) is 5.16 Å². The minimum absolute atomic E-state index is 0. The van der Waals surface area contributed by atoms with E-state index in [-0.39, 0.29) is 18.2 Å². The van der Waals surface area contributed by atoms with E-state index in [1.165, 1.54) is 12.1 Å². The zero-order chi connectivity index (χ0) is 16.1. The summed E-state index contributed by atoms with van der Waals surface area (Å²) >= 11 is 1.68. The molecule has 2 N–H and O–H groups in total. The first kappa shape index (κ1) is 19.2. The zero-order valence-electron chi connectivity index (χ0n) is 13.4. The fraction of sp³-hybridized carbons (Fsp3) is 0.500. The Balaban J connectivity index is 0.00000208. The van der Waals surface area contributed by atoms with Gasteiger partial charge in [-0.1, -0.05) is 11.8 Å². The van der Waals surface area contributed by atoms with E-state index in [1.54, 1.807) is 23.9 Å². The van der Waals surface area contributed by atoms with Crippen molar-refractivity contribution in [2.24, 2.45) is 11.7 Å². The van der Waals surface area contributed by atoms with Gasteiger partial charge in [0.25, 0.3) is 0 Å². The van der Waals surface area contributed by atoms with Crippen LogP contribution in [0.3, 0.4) is 0 Å². The highest BCUT2D eigenvalue weighted by molar-refractivity contribution is 7.99. The maximum atomic E-state index is 13.2. The quantitative estimate of drug-likeness (QED) is 0.757. The number of hydrogen-bond donors (Lipinski definition) is 1. The first-order valence-electron chi connectivity index (χ1n) is 7.89. The maximum Gasteiger partial charge on any atom is 0.195 e. The van der Waals surface area contributed by atoms with Gasteiger partial charge in [-0.2, -0.15) is 0 Å². The van der Waals surface area contributed by atoms with Crippen LogP contribution in [0, 0.1) is 11.7 Å². The Kier molecular flexibility index (Phi) is 7.48. The number of halogens is 2. The lowest BCUT2D eigenvalue weighted by Gasteiger charge is -2.11. The molecular formula is C16H22ClFN4OS. The average molecular weight is 373 g/mol. The van der Waals surface area contributed by atoms with Gasteiger partial charge in [0, 0.05) is 31.1 Å². The fourth-order valence-electron chi connectivity index (χ4n) is 2.66. The van der Waals surface area contributed by atoms with Crippen LogP contribution in [-0.4, -0.2) is 40.3 Å². The maximum absolute atomic E-state index is 13.2. The average Bonchev–Trinajstić information content (AvgIpc) is 3.19. The summed E-state index contributed by atoms with van der Waals surface area (Å²) in [4.78, 5) is 0. The van der Waals surface area contributed by atoms with Crippen molar-refractivity contribution in [3.63, 3.8) is 0 Å². The number of nitrogens with two attached hydrogens (primary N) is 1. The molecule has 8 heteroatoms. The van der Waals surface area contributed by atoms with Crippen molar-refractivity contribution < 1.29 is 9.13 Å². The monoisotopic (exact) mass is 372 g/mol. The molecule has 1 aliphatic rings. The molecule has 1 unspecified atom stereocenters. The molecule has 1 saturated heterocycles. The Morgan fingerprint density at radius 3 is 2.75 bits per heavy atom.